The number of aliphatic hydroxyl groups is 2. The molecule has 0 saturated heterocycles. The Morgan fingerprint density at radius 3 is 1.88 bits per heavy atom. The summed E-state index contributed by atoms with van der Waals surface area (Å²) in [7, 11) is 0. The van der Waals surface area contributed by atoms with Crippen LogP contribution in [0.4, 0.5) is 0 Å². The van der Waals surface area contributed by atoms with Crippen LogP contribution in [0.25, 0.3) is 0 Å². The van der Waals surface area contributed by atoms with Crippen molar-refractivity contribution in [1.29, 1.82) is 0 Å². The first-order chi connectivity index (χ1) is 20.0. The summed E-state index contributed by atoms with van der Waals surface area (Å²) in [6.45, 7) is 20.5. The molecule has 230 valence electrons. The average molecular weight is 581 g/mol. The van der Waals surface area contributed by atoms with Crippen molar-refractivity contribution < 1.29 is 15.0 Å². The minimum atomic E-state index is -0.900. The Morgan fingerprint density at radius 1 is 0.767 bits per heavy atom. The van der Waals surface area contributed by atoms with Crippen molar-refractivity contribution in [2.24, 2.45) is 10.8 Å². The molecular formula is C40H52O3. The fourth-order valence-corrected chi connectivity index (χ4v) is 5.69. The summed E-state index contributed by atoms with van der Waals surface area (Å²) >= 11 is 0. The molecule has 0 aliphatic heterocycles. The molecule has 0 aromatic heterocycles. The third-order valence-corrected chi connectivity index (χ3v) is 8.05. The topological polar surface area (TPSA) is 57.5 Å². The van der Waals surface area contributed by atoms with E-state index in [9.17, 15) is 15.0 Å². The van der Waals surface area contributed by atoms with Crippen LogP contribution in [-0.2, 0) is 4.79 Å². The average Bonchev–Trinajstić information content (AvgIpc) is 2.88. The summed E-state index contributed by atoms with van der Waals surface area (Å²) in [6.07, 6.45) is 25.3. The number of hydrogen-bond donors (Lipinski definition) is 2. The first-order valence-electron chi connectivity index (χ1n) is 15.3. The Balaban J connectivity index is 1.94. The van der Waals surface area contributed by atoms with Crippen LogP contribution in [-0.4, -0.2) is 28.2 Å². The van der Waals surface area contributed by atoms with Gasteiger partial charge in [-0.2, -0.15) is 0 Å². The van der Waals surface area contributed by atoms with E-state index in [1.165, 1.54) is 5.57 Å². The quantitative estimate of drug-likeness (QED) is 0.222. The minimum Gasteiger partial charge on any atom is -0.393 e. The van der Waals surface area contributed by atoms with E-state index in [0.717, 1.165) is 39.9 Å². The Hall–Kier alpha value is -3.45. The number of aliphatic hydroxyl groups excluding tert-OH is 2. The molecular weight excluding hydrogens is 528 g/mol. The van der Waals surface area contributed by atoms with Gasteiger partial charge in [0.1, 0.15) is 6.10 Å². The molecule has 2 aliphatic rings. The highest BCUT2D eigenvalue weighted by Gasteiger charge is 2.36. The van der Waals surface area contributed by atoms with Gasteiger partial charge in [-0.25, -0.2) is 0 Å². The summed E-state index contributed by atoms with van der Waals surface area (Å²) < 4.78 is 0. The number of Topliss-reactive ketones (excluding diaryl/α,β-unsaturated/α-hetero) is 1. The van der Waals surface area contributed by atoms with E-state index in [2.05, 4.69) is 84.6 Å². The highest BCUT2D eigenvalue weighted by atomic mass is 16.3. The summed E-state index contributed by atoms with van der Waals surface area (Å²) in [5.74, 6) is 6.49. The maximum atomic E-state index is 12.2. The van der Waals surface area contributed by atoms with E-state index < -0.39 is 6.10 Å². The van der Waals surface area contributed by atoms with Gasteiger partial charge in [0.15, 0.2) is 5.78 Å². The minimum absolute atomic E-state index is 0.0916. The molecule has 0 aromatic carbocycles. The lowest BCUT2D eigenvalue weighted by molar-refractivity contribution is -0.125. The third kappa shape index (κ3) is 11.3. The number of carbonyl (C=O) groups is 1. The number of rotatable bonds is 8. The monoisotopic (exact) mass is 580 g/mol. The van der Waals surface area contributed by atoms with Gasteiger partial charge in [-0.05, 0) is 82.9 Å². The Bertz CT molecular complexity index is 1430. The summed E-state index contributed by atoms with van der Waals surface area (Å²) in [6, 6.07) is 0. The van der Waals surface area contributed by atoms with Gasteiger partial charge in [0.25, 0.3) is 0 Å². The van der Waals surface area contributed by atoms with Gasteiger partial charge in [-0.1, -0.05) is 135 Å². The van der Waals surface area contributed by atoms with Crippen molar-refractivity contribution >= 4 is 5.78 Å². The standard InChI is InChI=1S/C40H52O3/c1-28(17-13-19-30(3)21-23-35-32(5)25-34(41)26-39(35,7)8)15-11-12-16-29(2)18-14-20-31(4)22-24-36-33(6)38(43)37(42)27-40(36,9)10/h11-20,22,24,34,37,41-42H,25-27H2,1-10H3/b12-11+,17-13+,18-14?,24-22?,28-15+,29-16?,30-19+,31-20?. The van der Waals surface area contributed by atoms with Gasteiger partial charge in [-0.3, -0.25) is 4.79 Å². The van der Waals surface area contributed by atoms with E-state index in [1.807, 2.05) is 62.5 Å². The molecule has 0 amide bonds. The molecule has 0 fully saturated rings. The normalized spacial score (nSPS) is 24.2. The number of hydrogen-bond acceptors (Lipinski definition) is 3. The van der Waals surface area contributed by atoms with Crippen LogP contribution in [0, 0.1) is 22.7 Å². The van der Waals surface area contributed by atoms with Crippen LogP contribution in [0.15, 0.2) is 117 Å². The van der Waals surface area contributed by atoms with Crippen LogP contribution >= 0.6 is 0 Å². The number of allylic oxidation sites excluding steroid dienone is 18. The van der Waals surface area contributed by atoms with E-state index in [1.54, 1.807) is 6.92 Å². The molecule has 2 N–H and O–H groups in total. The molecule has 2 unspecified atom stereocenters. The van der Waals surface area contributed by atoms with Gasteiger partial charge in [0.2, 0.25) is 0 Å². The predicted molar refractivity (Wildman–Crippen MR) is 183 cm³/mol. The van der Waals surface area contributed by atoms with E-state index in [-0.39, 0.29) is 22.7 Å². The van der Waals surface area contributed by atoms with Crippen LogP contribution in [0.3, 0.4) is 0 Å². The molecule has 3 heteroatoms. The van der Waals surface area contributed by atoms with Crippen LogP contribution < -0.4 is 0 Å². The van der Waals surface area contributed by atoms with Crippen LogP contribution in [0.1, 0.15) is 88.5 Å². The van der Waals surface area contributed by atoms with Crippen molar-refractivity contribution in [2.45, 2.75) is 101 Å². The molecule has 0 heterocycles. The zero-order valence-corrected chi connectivity index (χ0v) is 28.0. The SMILES string of the molecule is CC(C=CC1=C(C)C(=O)C(O)CC1(C)C)=CC=CC(C)=C/C=C/C=C(C)/C=C/C=C(\C)C#CC1=C(C)CC(O)CC1(C)C. The van der Waals surface area contributed by atoms with Gasteiger partial charge in [0, 0.05) is 11.0 Å². The lowest BCUT2D eigenvalue weighted by atomic mass is 9.71. The molecule has 2 aliphatic carbocycles. The van der Waals surface area contributed by atoms with Crippen molar-refractivity contribution in [3.8, 4) is 11.8 Å². The van der Waals surface area contributed by atoms with Crippen molar-refractivity contribution in [3.05, 3.63) is 117 Å². The first kappa shape index (κ1) is 35.7. The van der Waals surface area contributed by atoms with E-state index in [0.29, 0.717) is 18.4 Å². The second-order valence-electron chi connectivity index (χ2n) is 13.4. The van der Waals surface area contributed by atoms with Crippen molar-refractivity contribution in [1.82, 2.24) is 0 Å². The Kier molecular flexibility index (Phi) is 13.2. The number of carbonyl (C=O) groups excluding carboxylic acids is 1. The van der Waals surface area contributed by atoms with E-state index >= 15 is 0 Å². The largest absolute Gasteiger partial charge is 0.393 e. The fraction of sp³-hybridized carbons (Fsp3) is 0.425. The summed E-state index contributed by atoms with van der Waals surface area (Å²) in [5, 5.41) is 20.1. The van der Waals surface area contributed by atoms with Gasteiger partial charge in [-0.15, -0.1) is 0 Å². The van der Waals surface area contributed by atoms with Gasteiger partial charge in [0.05, 0.1) is 6.10 Å². The molecule has 0 bridgehead atoms. The molecule has 0 radical (unpaired) electrons. The second-order valence-corrected chi connectivity index (χ2v) is 13.4. The van der Waals surface area contributed by atoms with Crippen LogP contribution in [0.2, 0.25) is 0 Å². The lowest BCUT2D eigenvalue weighted by Gasteiger charge is -2.34. The summed E-state index contributed by atoms with van der Waals surface area (Å²) in [5.41, 5.74) is 8.03. The lowest BCUT2D eigenvalue weighted by Crippen LogP contribution is -2.35. The fourth-order valence-electron chi connectivity index (χ4n) is 5.69. The molecule has 0 spiro atoms. The summed E-state index contributed by atoms with van der Waals surface area (Å²) in [4.78, 5) is 12.2. The molecule has 0 saturated carbocycles. The first-order valence-corrected chi connectivity index (χ1v) is 15.3. The maximum Gasteiger partial charge on any atom is 0.187 e. The van der Waals surface area contributed by atoms with Crippen molar-refractivity contribution in [3.63, 3.8) is 0 Å². The van der Waals surface area contributed by atoms with E-state index in [4.69, 9.17) is 0 Å². The Labute approximate surface area is 261 Å². The molecule has 2 atom stereocenters. The predicted octanol–water partition coefficient (Wildman–Crippen LogP) is 9.17. The van der Waals surface area contributed by atoms with Gasteiger partial charge < -0.3 is 10.2 Å². The second kappa shape index (κ2) is 15.9. The smallest absolute Gasteiger partial charge is 0.187 e. The van der Waals surface area contributed by atoms with Crippen LogP contribution in [0.5, 0.6) is 0 Å². The third-order valence-electron chi connectivity index (χ3n) is 8.05. The molecule has 43 heavy (non-hydrogen) atoms. The molecule has 0 aromatic rings. The van der Waals surface area contributed by atoms with Crippen molar-refractivity contribution in [2.75, 3.05) is 0 Å². The molecule has 3 nitrogen and oxygen atoms in total. The zero-order valence-electron chi connectivity index (χ0n) is 28.0. The Morgan fingerprint density at radius 2 is 1.30 bits per heavy atom. The highest BCUT2D eigenvalue weighted by molar-refractivity contribution is 6.00. The van der Waals surface area contributed by atoms with Gasteiger partial charge >= 0.3 is 0 Å². The molecule has 2 rings (SSSR count). The highest BCUT2D eigenvalue weighted by Crippen LogP contribution is 2.40. The number of ketones is 1. The zero-order chi connectivity index (χ0) is 32.4. The maximum absolute atomic E-state index is 12.2.